The van der Waals surface area contributed by atoms with E-state index in [1.54, 1.807) is 36.6 Å². The van der Waals surface area contributed by atoms with Crippen LogP contribution >= 0.6 is 11.3 Å². The number of rotatable bonds is 2. The molecule has 2 aromatic rings. The first-order valence-electron chi connectivity index (χ1n) is 6.40. The molecule has 0 unspecified atom stereocenters. The van der Waals surface area contributed by atoms with Crippen molar-refractivity contribution < 1.29 is 9.59 Å². The average molecular weight is 303 g/mol. The first kappa shape index (κ1) is 13.6. The Kier molecular flexibility index (Phi) is 3.34. The van der Waals surface area contributed by atoms with Gasteiger partial charge in [0.25, 0.3) is 0 Å². The summed E-state index contributed by atoms with van der Waals surface area (Å²) in [5, 5.41) is 4.44. The van der Waals surface area contributed by atoms with E-state index in [-0.39, 0.29) is 29.8 Å². The molecule has 2 amide bonds. The molecule has 0 fully saturated rings. The number of nitrogens with zero attached hydrogens (tertiary/aromatic N) is 2. The van der Waals surface area contributed by atoms with Gasteiger partial charge in [0.2, 0.25) is 11.8 Å². The Hall–Kier alpha value is -2.41. The lowest BCUT2D eigenvalue weighted by Crippen LogP contribution is -2.44. The minimum absolute atomic E-state index is 0.0339. The van der Waals surface area contributed by atoms with Crippen molar-refractivity contribution >= 4 is 34.5 Å². The monoisotopic (exact) mass is 303 g/mol. The zero-order valence-electron chi connectivity index (χ0n) is 11.3. The van der Waals surface area contributed by atoms with E-state index in [2.05, 4.69) is 5.32 Å². The van der Waals surface area contributed by atoms with E-state index in [9.17, 15) is 14.4 Å². The van der Waals surface area contributed by atoms with E-state index in [0.29, 0.717) is 11.4 Å². The number of nitrogens with one attached hydrogen (secondary N) is 1. The highest BCUT2D eigenvalue weighted by Gasteiger charge is 2.27. The van der Waals surface area contributed by atoms with Crippen molar-refractivity contribution in [1.29, 1.82) is 0 Å². The van der Waals surface area contributed by atoms with Gasteiger partial charge in [-0.15, -0.1) is 0 Å². The molecule has 0 aliphatic carbocycles. The molecule has 1 N–H and O–H groups in total. The summed E-state index contributed by atoms with van der Waals surface area (Å²) in [4.78, 5) is 37.1. The van der Waals surface area contributed by atoms with E-state index in [1.807, 2.05) is 0 Å². The van der Waals surface area contributed by atoms with Crippen LogP contribution in [0.25, 0.3) is 0 Å². The molecule has 1 aromatic heterocycles. The van der Waals surface area contributed by atoms with Crippen molar-refractivity contribution in [3.8, 4) is 0 Å². The van der Waals surface area contributed by atoms with Crippen LogP contribution < -0.4 is 15.1 Å². The fraction of sp³-hybridized carbons (Fsp3) is 0.214. The van der Waals surface area contributed by atoms with Crippen LogP contribution in [0.15, 0.2) is 34.4 Å². The van der Waals surface area contributed by atoms with Crippen molar-refractivity contribution in [2.75, 3.05) is 16.8 Å². The number of carbonyl (C=O) groups excluding carboxylic acids is 2. The van der Waals surface area contributed by atoms with Gasteiger partial charge in [-0.2, -0.15) is 0 Å². The number of fused-ring (bicyclic) bond motifs is 1. The lowest BCUT2D eigenvalue weighted by atomic mass is 10.2. The van der Waals surface area contributed by atoms with E-state index < -0.39 is 0 Å². The number of hydrogen-bond donors (Lipinski definition) is 1. The summed E-state index contributed by atoms with van der Waals surface area (Å²) in [6.45, 7) is 1.69. The van der Waals surface area contributed by atoms with Crippen LogP contribution in [-0.2, 0) is 16.1 Å². The van der Waals surface area contributed by atoms with Crippen molar-refractivity contribution in [3.63, 3.8) is 0 Å². The smallest absolute Gasteiger partial charge is 0.307 e. The predicted octanol–water partition coefficient (Wildman–Crippen LogP) is 1.20. The van der Waals surface area contributed by atoms with E-state index in [1.165, 1.54) is 9.47 Å². The number of aromatic nitrogens is 1. The maximum absolute atomic E-state index is 12.5. The van der Waals surface area contributed by atoms with Crippen LogP contribution in [0, 0.1) is 6.92 Å². The first-order chi connectivity index (χ1) is 10.1. The van der Waals surface area contributed by atoms with Crippen molar-refractivity contribution in [1.82, 2.24) is 4.57 Å². The van der Waals surface area contributed by atoms with Gasteiger partial charge in [0, 0.05) is 11.1 Å². The van der Waals surface area contributed by atoms with E-state index >= 15 is 0 Å². The van der Waals surface area contributed by atoms with Gasteiger partial charge >= 0.3 is 4.87 Å². The molecule has 0 bridgehead atoms. The maximum Gasteiger partial charge on any atom is 0.307 e. The van der Waals surface area contributed by atoms with E-state index in [0.717, 1.165) is 17.0 Å². The maximum atomic E-state index is 12.5. The molecule has 108 valence electrons. The molecule has 0 atom stereocenters. The third-order valence-electron chi connectivity index (χ3n) is 3.34. The van der Waals surface area contributed by atoms with Crippen LogP contribution in [0.3, 0.4) is 0 Å². The molecule has 0 saturated carbocycles. The topological polar surface area (TPSA) is 71.4 Å². The van der Waals surface area contributed by atoms with Gasteiger partial charge in [-0.25, -0.2) is 0 Å². The molecular weight excluding hydrogens is 290 g/mol. The Morgan fingerprint density at radius 1 is 1.33 bits per heavy atom. The Morgan fingerprint density at radius 2 is 2.10 bits per heavy atom. The summed E-state index contributed by atoms with van der Waals surface area (Å²) in [6, 6.07) is 7.11. The van der Waals surface area contributed by atoms with Crippen LogP contribution in [0.5, 0.6) is 0 Å². The number of hydrogen-bond acceptors (Lipinski definition) is 4. The number of benzene rings is 1. The molecule has 0 saturated heterocycles. The lowest BCUT2D eigenvalue weighted by Gasteiger charge is -2.29. The number of amides is 2. The number of carbonyl (C=O) groups is 2. The molecule has 1 aromatic carbocycles. The molecule has 6 nitrogen and oxygen atoms in total. The molecule has 21 heavy (non-hydrogen) atoms. The molecule has 2 heterocycles. The van der Waals surface area contributed by atoms with E-state index in [4.69, 9.17) is 0 Å². The molecule has 1 aliphatic rings. The highest BCUT2D eigenvalue weighted by molar-refractivity contribution is 7.07. The second kappa shape index (κ2) is 5.17. The van der Waals surface area contributed by atoms with Crippen LogP contribution in [0.2, 0.25) is 0 Å². The van der Waals surface area contributed by atoms with Gasteiger partial charge in [-0.05, 0) is 19.1 Å². The van der Waals surface area contributed by atoms with Gasteiger partial charge in [-0.3, -0.25) is 23.9 Å². The second-order valence-corrected chi connectivity index (χ2v) is 5.59. The van der Waals surface area contributed by atoms with Gasteiger partial charge in [0.15, 0.2) is 0 Å². The SMILES string of the molecule is Cc1csc(=O)n1CC(=O)N1CC(=O)Nc2ccccc21. The van der Waals surface area contributed by atoms with Gasteiger partial charge in [0.1, 0.15) is 13.1 Å². The Balaban J connectivity index is 1.92. The summed E-state index contributed by atoms with van der Waals surface area (Å²) in [7, 11) is 0. The average Bonchev–Trinajstić information content (AvgIpc) is 2.78. The normalized spacial score (nSPS) is 13.8. The molecule has 1 aliphatic heterocycles. The Labute approximate surface area is 124 Å². The summed E-state index contributed by atoms with van der Waals surface area (Å²) in [6.07, 6.45) is 0. The highest BCUT2D eigenvalue weighted by Crippen LogP contribution is 2.29. The zero-order chi connectivity index (χ0) is 15.0. The summed E-state index contributed by atoms with van der Waals surface area (Å²) >= 11 is 1.06. The number of anilines is 2. The molecule has 0 spiro atoms. The Morgan fingerprint density at radius 3 is 2.81 bits per heavy atom. The molecule has 3 rings (SSSR count). The lowest BCUT2D eigenvalue weighted by molar-refractivity contribution is -0.122. The summed E-state index contributed by atoms with van der Waals surface area (Å²) < 4.78 is 1.42. The second-order valence-electron chi connectivity index (χ2n) is 4.77. The van der Waals surface area contributed by atoms with Gasteiger partial charge in [0.05, 0.1) is 11.4 Å². The zero-order valence-corrected chi connectivity index (χ0v) is 12.1. The minimum atomic E-state index is -0.277. The number of aryl methyl sites for hydroxylation is 1. The van der Waals surface area contributed by atoms with Gasteiger partial charge < -0.3 is 5.32 Å². The Bertz CT molecular complexity index is 778. The predicted molar refractivity (Wildman–Crippen MR) is 80.7 cm³/mol. The van der Waals surface area contributed by atoms with Crippen molar-refractivity contribution in [3.05, 3.63) is 45.0 Å². The third kappa shape index (κ3) is 2.47. The fourth-order valence-corrected chi connectivity index (χ4v) is 3.01. The van der Waals surface area contributed by atoms with Crippen molar-refractivity contribution in [2.24, 2.45) is 0 Å². The number of thiazole rings is 1. The largest absolute Gasteiger partial charge is 0.323 e. The van der Waals surface area contributed by atoms with Crippen LogP contribution in [0.4, 0.5) is 11.4 Å². The van der Waals surface area contributed by atoms with Crippen LogP contribution in [0.1, 0.15) is 5.69 Å². The van der Waals surface area contributed by atoms with Crippen LogP contribution in [-0.4, -0.2) is 22.9 Å². The minimum Gasteiger partial charge on any atom is -0.323 e. The quantitative estimate of drug-likeness (QED) is 0.906. The molecule has 0 radical (unpaired) electrons. The van der Waals surface area contributed by atoms with Gasteiger partial charge in [-0.1, -0.05) is 23.5 Å². The third-order valence-corrected chi connectivity index (χ3v) is 4.22. The molecule has 7 heteroatoms. The standard InChI is InChI=1S/C14H13N3O3S/c1-9-8-21-14(20)16(9)7-13(19)17-6-12(18)15-10-4-2-3-5-11(10)17/h2-5,8H,6-7H2,1H3,(H,15,18). The fourth-order valence-electron chi connectivity index (χ4n) is 2.27. The highest BCUT2D eigenvalue weighted by atomic mass is 32.1. The molecular formula is C14H13N3O3S. The van der Waals surface area contributed by atoms with Crippen molar-refractivity contribution in [2.45, 2.75) is 13.5 Å². The summed E-state index contributed by atoms with van der Waals surface area (Å²) in [5.41, 5.74) is 2.01. The first-order valence-corrected chi connectivity index (χ1v) is 7.28. The summed E-state index contributed by atoms with van der Waals surface area (Å²) in [5.74, 6) is -0.516. The number of para-hydroxylation sites is 2.